The molecule has 0 saturated carbocycles. The van der Waals surface area contributed by atoms with E-state index in [1.165, 1.54) is 0 Å². The zero-order chi connectivity index (χ0) is 13.7. The zero-order valence-corrected chi connectivity index (χ0v) is 11.1. The number of aliphatic carboxylic acids is 2. The Balaban J connectivity index is 2.47. The summed E-state index contributed by atoms with van der Waals surface area (Å²) in [6, 6.07) is 0. The van der Waals surface area contributed by atoms with Gasteiger partial charge in [0.25, 0.3) is 0 Å². The van der Waals surface area contributed by atoms with Gasteiger partial charge in [-0.25, -0.2) is 0 Å². The van der Waals surface area contributed by atoms with Crippen LogP contribution in [0.2, 0.25) is 0 Å². The quantitative estimate of drug-likeness (QED) is 0.754. The van der Waals surface area contributed by atoms with Crippen molar-refractivity contribution in [3.63, 3.8) is 0 Å². The highest BCUT2D eigenvalue weighted by Gasteiger charge is 2.38. The molecule has 0 amide bonds. The van der Waals surface area contributed by atoms with Gasteiger partial charge in [0.15, 0.2) is 0 Å². The number of hydrogen-bond acceptors (Lipinski definition) is 3. The Morgan fingerprint density at radius 1 is 1.22 bits per heavy atom. The summed E-state index contributed by atoms with van der Waals surface area (Å²) in [5.41, 5.74) is 0. The van der Waals surface area contributed by atoms with Crippen molar-refractivity contribution < 1.29 is 19.8 Å². The fraction of sp³-hybridized carbons (Fsp3) is 0.846. The molecule has 1 fully saturated rings. The maximum Gasteiger partial charge on any atom is 0.308 e. The molecule has 104 valence electrons. The third-order valence-electron chi connectivity index (χ3n) is 3.59. The van der Waals surface area contributed by atoms with Crippen LogP contribution in [0.5, 0.6) is 0 Å². The van der Waals surface area contributed by atoms with Crippen LogP contribution in [-0.2, 0) is 9.59 Å². The molecule has 2 unspecified atom stereocenters. The zero-order valence-electron chi connectivity index (χ0n) is 11.1. The normalized spacial score (nSPS) is 25.3. The Labute approximate surface area is 108 Å². The first-order chi connectivity index (χ1) is 8.41. The minimum absolute atomic E-state index is 0.365. The molecule has 1 aliphatic heterocycles. The van der Waals surface area contributed by atoms with Crippen LogP contribution in [0.4, 0.5) is 0 Å². The lowest BCUT2D eigenvalue weighted by Crippen LogP contribution is -2.46. The number of carboxylic acids is 2. The van der Waals surface area contributed by atoms with Crippen molar-refractivity contribution in [2.24, 2.45) is 17.8 Å². The molecule has 0 spiro atoms. The average Bonchev–Trinajstić information content (AvgIpc) is 2.28. The summed E-state index contributed by atoms with van der Waals surface area (Å²) in [6.07, 6.45) is 2.60. The monoisotopic (exact) mass is 257 g/mol. The van der Waals surface area contributed by atoms with Gasteiger partial charge in [-0.3, -0.25) is 9.59 Å². The smallest absolute Gasteiger partial charge is 0.308 e. The van der Waals surface area contributed by atoms with Crippen LogP contribution in [-0.4, -0.2) is 46.7 Å². The summed E-state index contributed by atoms with van der Waals surface area (Å²) >= 11 is 0. The first kappa shape index (κ1) is 15.0. The number of hydrogen-bond donors (Lipinski definition) is 2. The van der Waals surface area contributed by atoms with Crippen molar-refractivity contribution in [1.82, 2.24) is 4.90 Å². The van der Waals surface area contributed by atoms with Crippen molar-refractivity contribution in [1.29, 1.82) is 0 Å². The van der Waals surface area contributed by atoms with Crippen LogP contribution in [0.15, 0.2) is 0 Å². The molecule has 0 aromatic carbocycles. The molecule has 5 heteroatoms. The average molecular weight is 257 g/mol. The summed E-state index contributed by atoms with van der Waals surface area (Å²) < 4.78 is 0. The van der Waals surface area contributed by atoms with E-state index in [-0.39, 0.29) is 0 Å². The van der Waals surface area contributed by atoms with E-state index in [1.807, 2.05) is 0 Å². The lowest BCUT2D eigenvalue weighted by atomic mass is 9.85. The fourth-order valence-corrected chi connectivity index (χ4v) is 2.49. The van der Waals surface area contributed by atoms with Crippen molar-refractivity contribution in [2.45, 2.75) is 33.1 Å². The molecule has 5 nitrogen and oxygen atoms in total. The van der Waals surface area contributed by atoms with Crippen LogP contribution in [0, 0.1) is 17.8 Å². The highest BCUT2D eigenvalue weighted by Crippen LogP contribution is 2.24. The van der Waals surface area contributed by atoms with Crippen molar-refractivity contribution in [3.8, 4) is 0 Å². The number of carboxylic acid groups (broad SMARTS) is 2. The summed E-state index contributed by atoms with van der Waals surface area (Å²) in [6.45, 7) is 6.25. The molecule has 0 aromatic heterocycles. The van der Waals surface area contributed by atoms with Crippen LogP contribution in [0.3, 0.4) is 0 Å². The molecule has 0 bridgehead atoms. The van der Waals surface area contributed by atoms with Gasteiger partial charge in [-0.2, -0.15) is 0 Å². The largest absolute Gasteiger partial charge is 0.481 e. The van der Waals surface area contributed by atoms with Crippen LogP contribution in [0.25, 0.3) is 0 Å². The van der Waals surface area contributed by atoms with Crippen molar-refractivity contribution >= 4 is 11.9 Å². The van der Waals surface area contributed by atoms with Gasteiger partial charge < -0.3 is 15.1 Å². The predicted molar refractivity (Wildman–Crippen MR) is 67.4 cm³/mol. The summed E-state index contributed by atoms with van der Waals surface area (Å²) in [7, 11) is 0. The van der Waals surface area contributed by atoms with Gasteiger partial charge >= 0.3 is 11.9 Å². The van der Waals surface area contributed by atoms with Gasteiger partial charge in [-0.05, 0) is 38.3 Å². The van der Waals surface area contributed by atoms with E-state index in [2.05, 4.69) is 18.7 Å². The van der Waals surface area contributed by atoms with Gasteiger partial charge in [0, 0.05) is 6.54 Å². The highest BCUT2D eigenvalue weighted by molar-refractivity contribution is 5.80. The number of nitrogens with zero attached hydrogens (tertiary/aromatic N) is 1. The van der Waals surface area contributed by atoms with E-state index in [4.69, 9.17) is 10.2 Å². The Kier molecular flexibility index (Phi) is 5.59. The molecule has 1 aliphatic rings. The first-order valence-corrected chi connectivity index (χ1v) is 6.59. The standard InChI is InChI=1S/C13H23NO4/c1-9(2)4-3-6-14-7-5-10(12(15)16)11(8-14)13(17)18/h9-11H,3-8H2,1-2H3,(H,15,16)(H,17,18). The molecule has 1 rings (SSSR count). The first-order valence-electron chi connectivity index (χ1n) is 6.59. The SMILES string of the molecule is CC(C)CCCN1CCC(C(=O)O)C(C(=O)O)C1. The highest BCUT2D eigenvalue weighted by atomic mass is 16.4. The lowest BCUT2D eigenvalue weighted by Gasteiger charge is -2.34. The van der Waals surface area contributed by atoms with Gasteiger partial charge in [0.05, 0.1) is 11.8 Å². The molecular weight excluding hydrogens is 234 g/mol. The molecule has 1 heterocycles. The second kappa shape index (κ2) is 6.73. The van der Waals surface area contributed by atoms with Gasteiger partial charge in [-0.1, -0.05) is 13.8 Å². The van der Waals surface area contributed by atoms with Crippen molar-refractivity contribution in [3.05, 3.63) is 0 Å². The Bertz CT molecular complexity index is 303. The fourth-order valence-electron chi connectivity index (χ4n) is 2.49. The molecule has 2 N–H and O–H groups in total. The maximum atomic E-state index is 11.1. The van der Waals surface area contributed by atoms with Crippen LogP contribution < -0.4 is 0 Å². The Morgan fingerprint density at radius 2 is 1.83 bits per heavy atom. The molecule has 0 radical (unpaired) electrons. The maximum absolute atomic E-state index is 11.1. The van der Waals surface area contributed by atoms with Crippen molar-refractivity contribution in [2.75, 3.05) is 19.6 Å². The molecule has 0 aliphatic carbocycles. The van der Waals surface area contributed by atoms with E-state index in [1.54, 1.807) is 0 Å². The third-order valence-corrected chi connectivity index (χ3v) is 3.59. The van der Waals surface area contributed by atoms with E-state index in [0.29, 0.717) is 25.4 Å². The van der Waals surface area contributed by atoms with Gasteiger partial charge in [0.2, 0.25) is 0 Å². The summed E-state index contributed by atoms with van der Waals surface area (Å²) in [5.74, 6) is -2.82. The molecule has 0 aromatic rings. The topological polar surface area (TPSA) is 77.8 Å². The third kappa shape index (κ3) is 4.29. The Morgan fingerprint density at radius 3 is 2.33 bits per heavy atom. The van der Waals surface area contributed by atoms with Gasteiger partial charge in [-0.15, -0.1) is 0 Å². The molecule has 1 saturated heterocycles. The summed E-state index contributed by atoms with van der Waals surface area (Å²) in [5, 5.41) is 18.1. The van der Waals surface area contributed by atoms with E-state index in [9.17, 15) is 9.59 Å². The number of carbonyl (C=O) groups is 2. The molecule has 18 heavy (non-hydrogen) atoms. The molecule has 2 atom stereocenters. The van der Waals surface area contributed by atoms with Crippen LogP contribution in [0.1, 0.15) is 33.1 Å². The van der Waals surface area contributed by atoms with Crippen LogP contribution >= 0.6 is 0 Å². The second-order valence-electron chi connectivity index (χ2n) is 5.51. The number of piperidine rings is 1. The van der Waals surface area contributed by atoms with Gasteiger partial charge in [0.1, 0.15) is 0 Å². The van der Waals surface area contributed by atoms with E-state index < -0.39 is 23.8 Å². The minimum Gasteiger partial charge on any atom is -0.481 e. The molecular formula is C13H23NO4. The minimum atomic E-state index is -0.990. The number of likely N-dealkylation sites (tertiary alicyclic amines) is 1. The lowest BCUT2D eigenvalue weighted by molar-refractivity contribution is -0.157. The summed E-state index contributed by atoms with van der Waals surface area (Å²) in [4.78, 5) is 24.2. The number of rotatable bonds is 6. The predicted octanol–water partition coefficient (Wildman–Crippen LogP) is 1.53. The second-order valence-corrected chi connectivity index (χ2v) is 5.51. The van der Waals surface area contributed by atoms with E-state index >= 15 is 0 Å². The Hall–Kier alpha value is -1.10. The van der Waals surface area contributed by atoms with E-state index in [0.717, 1.165) is 19.4 Å².